The molecule has 0 atom stereocenters. The van der Waals surface area contributed by atoms with Crippen LogP contribution in [0.2, 0.25) is 0 Å². The Labute approximate surface area is 96.8 Å². The number of hydrogen-bond acceptors (Lipinski definition) is 5. The first kappa shape index (κ1) is 11.4. The summed E-state index contributed by atoms with van der Waals surface area (Å²) < 4.78 is 15.2. The zero-order valence-electron chi connectivity index (χ0n) is 9.39. The molecule has 0 unspecified atom stereocenters. The van der Waals surface area contributed by atoms with E-state index in [-0.39, 0.29) is 24.0 Å². The average molecular weight is 237 g/mol. The van der Waals surface area contributed by atoms with Crippen LogP contribution in [0.3, 0.4) is 0 Å². The lowest BCUT2D eigenvalue weighted by atomic mass is 10.3. The van der Waals surface area contributed by atoms with Crippen molar-refractivity contribution in [1.82, 2.24) is 4.98 Å². The van der Waals surface area contributed by atoms with Gasteiger partial charge in [-0.25, -0.2) is 9.78 Å². The van der Waals surface area contributed by atoms with Crippen molar-refractivity contribution in [2.45, 2.75) is 13.5 Å². The van der Waals surface area contributed by atoms with Crippen LogP contribution in [0.4, 0.5) is 0 Å². The number of ether oxygens (including phenoxy) is 1. The molecule has 90 valence electrons. The van der Waals surface area contributed by atoms with Gasteiger partial charge in [0.05, 0.1) is 12.9 Å². The summed E-state index contributed by atoms with van der Waals surface area (Å²) in [5.41, 5.74) is 1.07. The molecule has 0 aliphatic heterocycles. The number of rotatable bonds is 4. The number of methoxy groups -OCH3 is 1. The maximum absolute atomic E-state index is 10.9. The van der Waals surface area contributed by atoms with E-state index in [9.17, 15) is 4.79 Å². The molecule has 6 nitrogen and oxygen atoms in total. The Morgan fingerprint density at radius 3 is 2.88 bits per heavy atom. The van der Waals surface area contributed by atoms with E-state index in [1.165, 1.54) is 13.4 Å². The first-order valence-electron chi connectivity index (χ1n) is 4.90. The molecule has 0 aliphatic carbocycles. The summed E-state index contributed by atoms with van der Waals surface area (Å²) in [6, 6.07) is 1.75. The molecule has 0 radical (unpaired) electrons. The third-order valence-corrected chi connectivity index (χ3v) is 2.23. The van der Waals surface area contributed by atoms with Crippen LogP contribution in [0.5, 0.6) is 0 Å². The smallest absolute Gasteiger partial charge is 0.373 e. The normalized spacial score (nSPS) is 10.7. The van der Waals surface area contributed by atoms with Crippen LogP contribution in [0.1, 0.15) is 21.8 Å². The summed E-state index contributed by atoms with van der Waals surface area (Å²) in [7, 11) is 1.46. The number of hydrogen-bond donors (Lipinski definition) is 1. The maximum Gasteiger partial charge on any atom is 0.373 e. The van der Waals surface area contributed by atoms with Crippen molar-refractivity contribution in [2.24, 2.45) is 0 Å². The Balaban J connectivity index is 2.47. The number of carboxylic acids is 1. The number of aryl methyl sites for hydroxylation is 1. The topological polar surface area (TPSA) is 85.7 Å². The van der Waals surface area contributed by atoms with Crippen molar-refractivity contribution in [1.29, 1.82) is 0 Å². The first-order chi connectivity index (χ1) is 8.13. The Morgan fingerprint density at radius 1 is 1.59 bits per heavy atom. The molecular formula is C11H11NO5. The molecule has 17 heavy (non-hydrogen) atoms. The summed E-state index contributed by atoms with van der Waals surface area (Å²) in [4.78, 5) is 15.0. The van der Waals surface area contributed by atoms with Crippen molar-refractivity contribution in [3.63, 3.8) is 0 Å². The number of carbonyl (C=O) groups is 1. The van der Waals surface area contributed by atoms with Crippen molar-refractivity contribution in [3.8, 4) is 11.7 Å². The van der Waals surface area contributed by atoms with Crippen LogP contribution in [-0.2, 0) is 11.3 Å². The first-order valence-corrected chi connectivity index (χ1v) is 4.90. The summed E-state index contributed by atoms with van der Waals surface area (Å²) in [6.45, 7) is 1.89. The highest BCUT2D eigenvalue weighted by atomic mass is 16.5. The number of nitrogens with zero attached hydrogens (tertiary/aromatic N) is 1. The van der Waals surface area contributed by atoms with E-state index in [0.717, 1.165) is 5.56 Å². The minimum Gasteiger partial charge on any atom is -0.475 e. The van der Waals surface area contributed by atoms with Gasteiger partial charge >= 0.3 is 5.97 Å². The standard InChI is InChI=1S/C11H11NO5/c1-6-3-4-16-8(6)10-12-7(5-15-2)9(17-10)11(13)14/h3-4H,5H2,1-2H3,(H,13,14). The van der Waals surface area contributed by atoms with E-state index in [1.54, 1.807) is 6.07 Å². The quantitative estimate of drug-likeness (QED) is 0.876. The number of aromatic nitrogens is 1. The Bertz CT molecular complexity index is 540. The van der Waals surface area contributed by atoms with Crippen LogP contribution in [0.15, 0.2) is 21.2 Å². The highest BCUT2D eigenvalue weighted by molar-refractivity contribution is 5.86. The lowest BCUT2D eigenvalue weighted by molar-refractivity contribution is 0.0656. The van der Waals surface area contributed by atoms with Crippen molar-refractivity contribution < 1.29 is 23.5 Å². The molecule has 0 bridgehead atoms. The second-order valence-corrected chi connectivity index (χ2v) is 3.47. The molecule has 0 spiro atoms. The summed E-state index contributed by atoms with van der Waals surface area (Å²) in [6.07, 6.45) is 1.49. The van der Waals surface area contributed by atoms with Gasteiger partial charge in [0.15, 0.2) is 5.76 Å². The van der Waals surface area contributed by atoms with Crippen molar-refractivity contribution in [2.75, 3.05) is 7.11 Å². The molecule has 0 saturated heterocycles. The molecule has 0 amide bonds. The Hall–Kier alpha value is -2.08. The molecular weight excluding hydrogens is 226 g/mol. The predicted octanol–water partition coefficient (Wildman–Crippen LogP) is 2.09. The van der Waals surface area contributed by atoms with Gasteiger partial charge in [-0.1, -0.05) is 0 Å². The van der Waals surface area contributed by atoms with Crippen LogP contribution >= 0.6 is 0 Å². The number of oxazole rings is 1. The average Bonchev–Trinajstić information content (AvgIpc) is 2.84. The molecule has 2 aromatic heterocycles. The van der Waals surface area contributed by atoms with E-state index in [1.807, 2.05) is 6.92 Å². The van der Waals surface area contributed by atoms with Gasteiger partial charge in [-0.05, 0) is 13.0 Å². The van der Waals surface area contributed by atoms with Gasteiger partial charge in [0.2, 0.25) is 5.76 Å². The fourth-order valence-corrected chi connectivity index (χ4v) is 1.44. The third kappa shape index (κ3) is 2.07. The maximum atomic E-state index is 10.9. The fraction of sp³-hybridized carbons (Fsp3) is 0.273. The highest BCUT2D eigenvalue weighted by Gasteiger charge is 2.22. The third-order valence-electron chi connectivity index (χ3n) is 2.23. The van der Waals surface area contributed by atoms with E-state index >= 15 is 0 Å². The molecule has 0 aromatic carbocycles. The van der Waals surface area contributed by atoms with Gasteiger partial charge in [-0.3, -0.25) is 0 Å². The van der Waals surface area contributed by atoms with Gasteiger partial charge in [0.1, 0.15) is 5.69 Å². The second kappa shape index (κ2) is 4.42. The number of furan rings is 1. The molecule has 0 saturated carbocycles. The predicted molar refractivity (Wildman–Crippen MR) is 56.6 cm³/mol. The van der Waals surface area contributed by atoms with Gasteiger partial charge < -0.3 is 18.7 Å². The van der Waals surface area contributed by atoms with Crippen LogP contribution < -0.4 is 0 Å². The molecule has 2 rings (SSSR count). The zero-order valence-corrected chi connectivity index (χ0v) is 9.39. The number of aromatic carboxylic acids is 1. The van der Waals surface area contributed by atoms with Gasteiger partial charge in [0.25, 0.3) is 5.89 Å². The van der Waals surface area contributed by atoms with Crippen LogP contribution in [0.25, 0.3) is 11.7 Å². The van der Waals surface area contributed by atoms with E-state index in [4.69, 9.17) is 18.7 Å². The monoisotopic (exact) mass is 237 g/mol. The lowest BCUT2D eigenvalue weighted by Crippen LogP contribution is -2.00. The van der Waals surface area contributed by atoms with E-state index in [0.29, 0.717) is 5.76 Å². The molecule has 0 fully saturated rings. The van der Waals surface area contributed by atoms with E-state index in [2.05, 4.69) is 4.98 Å². The SMILES string of the molecule is COCc1nc(-c2occc2C)oc1C(=O)O. The molecule has 0 aliphatic rings. The summed E-state index contributed by atoms with van der Waals surface area (Å²) >= 11 is 0. The lowest BCUT2D eigenvalue weighted by Gasteiger charge is -1.92. The van der Waals surface area contributed by atoms with Crippen LogP contribution in [-0.4, -0.2) is 23.2 Å². The fourth-order valence-electron chi connectivity index (χ4n) is 1.44. The number of carboxylic acid groups (broad SMARTS) is 1. The highest BCUT2D eigenvalue weighted by Crippen LogP contribution is 2.26. The molecule has 2 heterocycles. The second-order valence-electron chi connectivity index (χ2n) is 3.47. The minimum absolute atomic E-state index is 0.0743. The van der Waals surface area contributed by atoms with Crippen molar-refractivity contribution in [3.05, 3.63) is 29.3 Å². The molecule has 1 N–H and O–H groups in total. The minimum atomic E-state index is -1.18. The van der Waals surface area contributed by atoms with E-state index < -0.39 is 5.97 Å². The summed E-state index contributed by atoms with van der Waals surface area (Å²) in [5, 5.41) is 8.95. The van der Waals surface area contributed by atoms with Crippen molar-refractivity contribution >= 4 is 5.97 Å². The molecule has 6 heteroatoms. The Morgan fingerprint density at radius 2 is 2.35 bits per heavy atom. The summed E-state index contributed by atoms with van der Waals surface area (Å²) in [5.74, 6) is -0.829. The zero-order chi connectivity index (χ0) is 12.4. The van der Waals surface area contributed by atoms with Gasteiger partial charge in [-0.2, -0.15) is 0 Å². The largest absolute Gasteiger partial charge is 0.475 e. The van der Waals surface area contributed by atoms with Gasteiger partial charge in [-0.15, -0.1) is 0 Å². The van der Waals surface area contributed by atoms with Crippen LogP contribution in [0, 0.1) is 6.92 Å². The molecule has 2 aromatic rings. The van der Waals surface area contributed by atoms with Gasteiger partial charge in [0, 0.05) is 12.7 Å². The Kier molecular flexibility index (Phi) is 2.97.